The Morgan fingerprint density at radius 3 is 2.58 bits per heavy atom. The van der Waals surface area contributed by atoms with Crippen molar-refractivity contribution in [3.63, 3.8) is 0 Å². The van der Waals surface area contributed by atoms with Crippen LogP contribution in [0.5, 0.6) is 0 Å². The number of aromatic nitrogens is 1. The summed E-state index contributed by atoms with van der Waals surface area (Å²) in [7, 11) is 1.71. The van der Waals surface area contributed by atoms with E-state index < -0.39 is 11.9 Å². The maximum atomic E-state index is 12.6. The largest absolute Gasteiger partial charge is 0.457 e. The van der Waals surface area contributed by atoms with Gasteiger partial charge < -0.3 is 19.8 Å². The quantitative estimate of drug-likeness (QED) is 0.838. The topological polar surface area (TPSA) is 83.6 Å². The Bertz CT molecular complexity index is 631. The molecule has 1 spiro atoms. The summed E-state index contributed by atoms with van der Waals surface area (Å²) in [5.41, 5.74) is 5.92. The van der Waals surface area contributed by atoms with Crippen LogP contribution >= 0.6 is 0 Å². The minimum Gasteiger partial charge on any atom is -0.457 e. The van der Waals surface area contributed by atoms with Gasteiger partial charge in [-0.25, -0.2) is 4.79 Å². The van der Waals surface area contributed by atoms with Gasteiger partial charge in [-0.3, -0.25) is 4.79 Å². The number of nitrogens with two attached hydrogens (primary N) is 1. The van der Waals surface area contributed by atoms with E-state index in [0.29, 0.717) is 17.9 Å². The van der Waals surface area contributed by atoms with E-state index in [1.807, 2.05) is 6.92 Å². The highest BCUT2D eigenvalue weighted by molar-refractivity contribution is 5.96. The van der Waals surface area contributed by atoms with Crippen LogP contribution in [0.1, 0.15) is 66.3 Å². The molecule has 3 rings (SSSR count). The Morgan fingerprint density at radius 1 is 1.29 bits per heavy atom. The van der Waals surface area contributed by atoms with Crippen molar-refractivity contribution in [1.29, 1.82) is 0 Å². The third kappa shape index (κ3) is 2.83. The van der Waals surface area contributed by atoms with Crippen LogP contribution in [0.3, 0.4) is 0 Å². The van der Waals surface area contributed by atoms with E-state index in [0.717, 1.165) is 32.1 Å². The van der Waals surface area contributed by atoms with Gasteiger partial charge in [0.05, 0.1) is 11.7 Å². The lowest BCUT2D eigenvalue weighted by atomic mass is 9.56. The Kier molecular flexibility index (Phi) is 4.67. The van der Waals surface area contributed by atoms with Gasteiger partial charge in [-0.2, -0.15) is 0 Å². The van der Waals surface area contributed by atoms with Crippen molar-refractivity contribution < 1.29 is 19.1 Å². The van der Waals surface area contributed by atoms with Crippen LogP contribution in [-0.4, -0.2) is 35.3 Å². The minimum atomic E-state index is -0.548. The molecule has 2 saturated carbocycles. The van der Waals surface area contributed by atoms with E-state index in [2.05, 4.69) is 0 Å². The number of hydrogen-bond donors (Lipinski definition) is 1. The van der Waals surface area contributed by atoms with Gasteiger partial charge in [-0.05, 0) is 25.8 Å². The molecule has 6 heteroatoms. The second-order valence-electron chi connectivity index (χ2n) is 6.96. The number of carbonyl (C=O) groups excluding carboxylic acids is 2. The van der Waals surface area contributed by atoms with Crippen molar-refractivity contribution in [3.8, 4) is 0 Å². The molecule has 2 N–H and O–H groups in total. The molecular weight excluding hydrogens is 308 g/mol. The third-order valence-corrected chi connectivity index (χ3v) is 5.61. The Hall–Kier alpha value is -1.82. The molecule has 0 bridgehead atoms. The molecule has 2 fully saturated rings. The van der Waals surface area contributed by atoms with Gasteiger partial charge in [0.1, 0.15) is 11.8 Å². The number of ether oxygens (including phenoxy) is 2. The summed E-state index contributed by atoms with van der Waals surface area (Å²) in [5, 5.41) is 0. The lowest BCUT2D eigenvalue weighted by Crippen LogP contribution is -2.60. The molecule has 132 valence electrons. The SMILES string of the molecule is CCO[C@H]1C[C@H](OC(=O)c2cc(C(N)=O)cn2C)C12CCCCC2. The van der Waals surface area contributed by atoms with Gasteiger partial charge in [0.2, 0.25) is 5.91 Å². The highest BCUT2D eigenvalue weighted by Crippen LogP contribution is 2.54. The fourth-order valence-electron chi connectivity index (χ4n) is 4.26. The van der Waals surface area contributed by atoms with Crippen molar-refractivity contribution >= 4 is 11.9 Å². The van der Waals surface area contributed by atoms with Crippen molar-refractivity contribution in [3.05, 3.63) is 23.5 Å². The summed E-state index contributed by atoms with van der Waals surface area (Å²) in [6.45, 7) is 2.69. The van der Waals surface area contributed by atoms with Gasteiger partial charge in [0.25, 0.3) is 0 Å². The first kappa shape index (κ1) is 17.0. The van der Waals surface area contributed by atoms with Crippen molar-refractivity contribution in [1.82, 2.24) is 4.57 Å². The normalized spacial score (nSPS) is 25.2. The summed E-state index contributed by atoms with van der Waals surface area (Å²) >= 11 is 0. The molecule has 1 heterocycles. The number of rotatable bonds is 5. The number of nitrogens with zero attached hydrogens (tertiary/aromatic N) is 1. The molecule has 0 aromatic carbocycles. The molecule has 0 radical (unpaired) electrons. The maximum absolute atomic E-state index is 12.6. The van der Waals surface area contributed by atoms with Crippen LogP contribution in [0.15, 0.2) is 12.3 Å². The monoisotopic (exact) mass is 334 g/mol. The van der Waals surface area contributed by atoms with Gasteiger partial charge in [-0.15, -0.1) is 0 Å². The van der Waals surface area contributed by atoms with E-state index in [9.17, 15) is 9.59 Å². The fraction of sp³-hybridized carbons (Fsp3) is 0.667. The van der Waals surface area contributed by atoms with Crippen LogP contribution in [0.4, 0.5) is 0 Å². The summed E-state index contributed by atoms with van der Waals surface area (Å²) in [6.07, 6.45) is 8.06. The van der Waals surface area contributed by atoms with Crippen LogP contribution < -0.4 is 5.73 Å². The molecule has 1 aromatic heterocycles. The third-order valence-electron chi connectivity index (χ3n) is 5.61. The molecule has 1 amide bonds. The molecule has 0 saturated heterocycles. The molecular formula is C18H26N2O4. The zero-order chi connectivity index (χ0) is 17.3. The van der Waals surface area contributed by atoms with Crippen molar-refractivity contribution in [2.24, 2.45) is 18.2 Å². The van der Waals surface area contributed by atoms with Crippen LogP contribution in [0.25, 0.3) is 0 Å². The molecule has 2 atom stereocenters. The average molecular weight is 334 g/mol. The zero-order valence-corrected chi connectivity index (χ0v) is 14.4. The smallest absolute Gasteiger partial charge is 0.355 e. The maximum Gasteiger partial charge on any atom is 0.355 e. The standard InChI is InChI=1S/C18H26N2O4/c1-3-23-14-10-15(18(14)7-5-4-6-8-18)24-17(22)13-9-12(16(19)21)11-20(13)2/h9,11,14-15H,3-8,10H2,1-2H3,(H2,19,21)/t14-,15-/m0/s1. The van der Waals surface area contributed by atoms with Gasteiger partial charge in [0.15, 0.2) is 0 Å². The first-order valence-electron chi connectivity index (χ1n) is 8.76. The van der Waals surface area contributed by atoms with Gasteiger partial charge in [0, 0.05) is 31.7 Å². The summed E-state index contributed by atoms with van der Waals surface area (Å²) in [4.78, 5) is 23.8. The summed E-state index contributed by atoms with van der Waals surface area (Å²) in [5.74, 6) is -0.941. The highest BCUT2D eigenvalue weighted by atomic mass is 16.6. The van der Waals surface area contributed by atoms with Crippen LogP contribution in [0.2, 0.25) is 0 Å². The molecule has 2 aliphatic carbocycles. The fourth-order valence-corrected chi connectivity index (χ4v) is 4.26. The van der Waals surface area contributed by atoms with Crippen molar-refractivity contribution in [2.45, 2.75) is 57.7 Å². The summed E-state index contributed by atoms with van der Waals surface area (Å²) < 4.78 is 13.3. The zero-order valence-electron chi connectivity index (χ0n) is 14.4. The molecule has 0 aliphatic heterocycles. The number of amides is 1. The van der Waals surface area contributed by atoms with Crippen LogP contribution in [0, 0.1) is 5.41 Å². The molecule has 0 unspecified atom stereocenters. The predicted octanol–water partition coefficient (Wildman–Crippen LogP) is 2.41. The number of esters is 1. The van der Waals surface area contributed by atoms with E-state index in [4.69, 9.17) is 15.2 Å². The summed E-state index contributed by atoms with van der Waals surface area (Å²) in [6, 6.07) is 1.50. The van der Waals surface area contributed by atoms with E-state index in [-0.39, 0.29) is 17.6 Å². The second kappa shape index (κ2) is 6.59. The minimum absolute atomic E-state index is 0.0262. The molecule has 1 aromatic rings. The Morgan fingerprint density at radius 2 is 2.00 bits per heavy atom. The number of hydrogen-bond acceptors (Lipinski definition) is 4. The van der Waals surface area contributed by atoms with E-state index >= 15 is 0 Å². The number of primary amides is 1. The lowest BCUT2D eigenvalue weighted by molar-refractivity contribution is -0.205. The molecule has 6 nitrogen and oxygen atoms in total. The lowest BCUT2D eigenvalue weighted by Gasteiger charge is -2.56. The van der Waals surface area contributed by atoms with Crippen molar-refractivity contribution in [2.75, 3.05) is 6.61 Å². The highest BCUT2D eigenvalue weighted by Gasteiger charge is 2.57. The first-order chi connectivity index (χ1) is 11.5. The second-order valence-corrected chi connectivity index (χ2v) is 6.96. The average Bonchev–Trinajstić information content (AvgIpc) is 2.97. The molecule has 2 aliphatic rings. The Balaban J connectivity index is 1.73. The van der Waals surface area contributed by atoms with E-state index in [1.54, 1.807) is 17.8 Å². The van der Waals surface area contributed by atoms with Gasteiger partial charge in [-0.1, -0.05) is 19.3 Å². The van der Waals surface area contributed by atoms with Crippen LogP contribution in [-0.2, 0) is 16.5 Å². The number of carbonyl (C=O) groups is 2. The molecule has 24 heavy (non-hydrogen) atoms. The first-order valence-corrected chi connectivity index (χ1v) is 8.76. The predicted molar refractivity (Wildman–Crippen MR) is 88.7 cm³/mol. The van der Waals surface area contributed by atoms with Gasteiger partial charge >= 0.3 is 5.97 Å². The van der Waals surface area contributed by atoms with E-state index in [1.165, 1.54) is 12.5 Å². The number of aryl methyl sites for hydroxylation is 1. The Labute approximate surface area is 142 Å².